The molecule has 0 atom stereocenters. The summed E-state index contributed by atoms with van der Waals surface area (Å²) in [7, 11) is -1.51. The van der Waals surface area contributed by atoms with Crippen molar-refractivity contribution in [3.8, 4) is 5.75 Å². The van der Waals surface area contributed by atoms with Crippen molar-refractivity contribution in [2.45, 2.75) is 12.7 Å². The SMILES string of the molecule is OB(O)Cc1ccc(OC(F)(F)F)cc1. The summed E-state index contributed by atoms with van der Waals surface area (Å²) in [5, 5.41) is 17.2. The van der Waals surface area contributed by atoms with Crippen molar-refractivity contribution in [2.75, 3.05) is 0 Å². The van der Waals surface area contributed by atoms with Crippen molar-refractivity contribution in [1.82, 2.24) is 0 Å². The average molecular weight is 220 g/mol. The number of halogens is 3. The number of hydrogen-bond acceptors (Lipinski definition) is 3. The molecule has 0 fully saturated rings. The molecule has 0 saturated heterocycles. The minimum absolute atomic E-state index is 0.0354. The Morgan fingerprint density at radius 2 is 1.67 bits per heavy atom. The first-order valence-electron chi connectivity index (χ1n) is 4.07. The maximum absolute atomic E-state index is 11.7. The van der Waals surface area contributed by atoms with E-state index in [0.717, 1.165) is 12.1 Å². The first-order chi connectivity index (χ1) is 6.87. The third kappa shape index (κ3) is 4.71. The van der Waals surface area contributed by atoms with E-state index in [1.807, 2.05) is 0 Å². The van der Waals surface area contributed by atoms with Crippen LogP contribution in [0.5, 0.6) is 5.75 Å². The van der Waals surface area contributed by atoms with Gasteiger partial charge < -0.3 is 14.8 Å². The van der Waals surface area contributed by atoms with Gasteiger partial charge in [0.05, 0.1) is 0 Å². The summed E-state index contributed by atoms with van der Waals surface area (Å²) >= 11 is 0. The van der Waals surface area contributed by atoms with E-state index in [1.165, 1.54) is 12.1 Å². The van der Waals surface area contributed by atoms with E-state index in [2.05, 4.69) is 4.74 Å². The van der Waals surface area contributed by atoms with Crippen molar-refractivity contribution in [1.29, 1.82) is 0 Å². The number of benzene rings is 1. The Kier molecular flexibility index (Phi) is 3.59. The van der Waals surface area contributed by atoms with Crippen LogP contribution in [0.2, 0.25) is 0 Å². The van der Waals surface area contributed by atoms with Crippen LogP contribution in [0.25, 0.3) is 0 Å². The third-order valence-electron chi connectivity index (χ3n) is 1.58. The van der Waals surface area contributed by atoms with Crippen molar-refractivity contribution in [3.63, 3.8) is 0 Å². The maximum Gasteiger partial charge on any atom is 0.573 e. The molecule has 0 bridgehead atoms. The molecule has 82 valence electrons. The number of rotatable bonds is 3. The molecule has 0 saturated carbocycles. The molecule has 0 aromatic heterocycles. The van der Waals surface area contributed by atoms with Crippen LogP contribution in [0.4, 0.5) is 13.2 Å². The summed E-state index contributed by atoms with van der Waals surface area (Å²) in [6, 6.07) is 4.90. The van der Waals surface area contributed by atoms with Gasteiger partial charge >= 0.3 is 13.5 Å². The number of ether oxygens (including phenoxy) is 1. The van der Waals surface area contributed by atoms with E-state index >= 15 is 0 Å². The highest BCUT2D eigenvalue weighted by molar-refractivity contribution is 6.40. The molecule has 1 aromatic rings. The molecule has 2 N–H and O–H groups in total. The van der Waals surface area contributed by atoms with Crippen LogP contribution in [0.3, 0.4) is 0 Å². The third-order valence-corrected chi connectivity index (χ3v) is 1.58. The minimum atomic E-state index is -4.71. The highest BCUT2D eigenvalue weighted by atomic mass is 19.4. The normalized spacial score (nSPS) is 11.3. The molecule has 3 nitrogen and oxygen atoms in total. The van der Waals surface area contributed by atoms with Gasteiger partial charge in [0.1, 0.15) is 5.75 Å². The molecule has 0 aliphatic rings. The average Bonchev–Trinajstić information content (AvgIpc) is 2.05. The van der Waals surface area contributed by atoms with Gasteiger partial charge in [-0.3, -0.25) is 0 Å². The van der Waals surface area contributed by atoms with Gasteiger partial charge in [-0.25, -0.2) is 0 Å². The Morgan fingerprint density at radius 3 is 2.07 bits per heavy atom. The van der Waals surface area contributed by atoms with Gasteiger partial charge in [-0.05, 0) is 17.7 Å². The standard InChI is InChI=1S/C8H8BF3O3/c10-8(11,12)15-7-3-1-6(2-4-7)5-9(13)14/h1-4,13-14H,5H2. The van der Waals surface area contributed by atoms with Gasteiger partial charge in [-0.1, -0.05) is 12.1 Å². The van der Waals surface area contributed by atoms with Crippen LogP contribution < -0.4 is 4.74 Å². The zero-order valence-electron chi connectivity index (χ0n) is 7.53. The molecule has 0 spiro atoms. The van der Waals surface area contributed by atoms with Crippen molar-refractivity contribution < 1.29 is 28.0 Å². The molecule has 0 aliphatic heterocycles. The lowest BCUT2D eigenvalue weighted by molar-refractivity contribution is -0.274. The fraction of sp³-hybridized carbons (Fsp3) is 0.250. The molecule has 0 aliphatic carbocycles. The first-order valence-corrected chi connectivity index (χ1v) is 4.07. The van der Waals surface area contributed by atoms with E-state index in [0.29, 0.717) is 5.56 Å². The predicted octanol–water partition coefficient (Wildman–Crippen LogP) is 1.14. The van der Waals surface area contributed by atoms with Gasteiger partial charge in [-0.2, -0.15) is 0 Å². The van der Waals surface area contributed by atoms with Crippen LogP contribution in [-0.4, -0.2) is 23.5 Å². The largest absolute Gasteiger partial charge is 0.573 e. The zero-order chi connectivity index (χ0) is 11.5. The highest BCUT2D eigenvalue weighted by Gasteiger charge is 2.30. The lowest BCUT2D eigenvalue weighted by Gasteiger charge is -2.09. The predicted molar refractivity (Wildman–Crippen MR) is 47.0 cm³/mol. The van der Waals surface area contributed by atoms with Crippen LogP contribution in [-0.2, 0) is 6.32 Å². The molecule has 1 rings (SSSR count). The Balaban J connectivity index is 2.64. The molecule has 0 radical (unpaired) electrons. The lowest BCUT2D eigenvalue weighted by Crippen LogP contribution is -2.17. The highest BCUT2D eigenvalue weighted by Crippen LogP contribution is 2.22. The summed E-state index contributed by atoms with van der Waals surface area (Å²) in [6.07, 6.45) is -4.75. The lowest BCUT2D eigenvalue weighted by atomic mass is 9.82. The van der Waals surface area contributed by atoms with Gasteiger partial charge in [0.15, 0.2) is 0 Å². The number of hydrogen-bond donors (Lipinski definition) is 2. The van der Waals surface area contributed by atoms with E-state index < -0.39 is 13.5 Å². The molecule has 1 aromatic carbocycles. The van der Waals surface area contributed by atoms with Gasteiger partial charge in [0.25, 0.3) is 0 Å². The minimum Gasteiger partial charge on any atom is -0.427 e. The van der Waals surface area contributed by atoms with E-state index in [1.54, 1.807) is 0 Å². The summed E-state index contributed by atoms with van der Waals surface area (Å²) < 4.78 is 38.9. The fourth-order valence-electron chi connectivity index (χ4n) is 1.04. The topological polar surface area (TPSA) is 49.7 Å². The summed E-state index contributed by atoms with van der Waals surface area (Å²) in [6.45, 7) is 0. The second-order valence-electron chi connectivity index (χ2n) is 2.88. The number of alkyl halides is 3. The van der Waals surface area contributed by atoms with E-state index in [9.17, 15) is 13.2 Å². The molecule has 0 unspecified atom stereocenters. The van der Waals surface area contributed by atoms with Crippen LogP contribution in [0, 0.1) is 0 Å². The molecule has 0 amide bonds. The summed E-state index contributed by atoms with van der Waals surface area (Å²) in [4.78, 5) is 0. The van der Waals surface area contributed by atoms with Gasteiger partial charge in [0, 0.05) is 6.32 Å². The smallest absolute Gasteiger partial charge is 0.427 e. The summed E-state index contributed by atoms with van der Waals surface area (Å²) in [5.41, 5.74) is 0.513. The van der Waals surface area contributed by atoms with Crippen LogP contribution in [0.15, 0.2) is 24.3 Å². The summed E-state index contributed by atoms with van der Waals surface area (Å²) in [5.74, 6) is -0.335. The molecule has 0 heterocycles. The van der Waals surface area contributed by atoms with Crippen molar-refractivity contribution >= 4 is 7.12 Å². The second kappa shape index (κ2) is 4.54. The Hall–Kier alpha value is -1.21. The van der Waals surface area contributed by atoms with E-state index in [-0.39, 0.29) is 12.1 Å². The van der Waals surface area contributed by atoms with Gasteiger partial charge in [0.2, 0.25) is 0 Å². The Bertz CT molecular complexity index is 310. The Morgan fingerprint density at radius 1 is 1.13 bits per heavy atom. The molecular formula is C8H8BF3O3. The Labute approximate surface area is 84.3 Å². The maximum atomic E-state index is 11.7. The van der Waals surface area contributed by atoms with Crippen molar-refractivity contribution in [2.24, 2.45) is 0 Å². The van der Waals surface area contributed by atoms with Gasteiger partial charge in [-0.15, -0.1) is 13.2 Å². The van der Waals surface area contributed by atoms with E-state index in [4.69, 9.17) is 10.0 Å². The molecule has 7 heteroatoms. The second-order valence-corrected chi connectivity index (χ2v) is 2.88. The molecule has 15 heavy (non-hydrogen) atoms. The van der Waals surface area contributed by atoms with Crippen molar-refractivity contribution in [3.05, 3.63) is 29.8 Å². The van der Waals surface area contributed by atoms with Crippen LogP contribution in [0.1, 0.15) is 5.56 Å². The first kappa shape index (κ1) is 11.9. The zero-order valence-corrected chi connectivity index (χ0v) is 7.53. The van der Waals surface area contributed by atoms with Crippen LogP contribution >= 0.6 is 0 Å². The monoisotopic (exact) mass is 220 g/mol. The molecular weight excluding hydrogens is 212 g/mol. The fourth-order valence-corrected chi connectivity index (χ4v) is 1.04. The quantitative estimate of drug-likeness (QED) is 0.750.